The summed E-state index contributed by atoms with van der Waals surface area (Å²) in [6.45, 7) is 0.121. The lowest BCUT2D eigenvalue weighted by Crippen LogP contribution is -2.32. The van der Waals surface area contributed by atoms with Crippen LogP contribution in [0.2, 0.25) is 0 Å². The molecule has 1 aliphatic heterocycles. The van der Waals surface area contributed by atoms with Gasteiger partial charge in [-0.3, -0.25) is 0 Å². The Balaban J connectivity index is 1.93. The second kappa shape index (κ2) is 4.70. The van der Waals surface area contributed by atoms with Gasteiger partial charge in [-0.05, 0) is 18.2 Å². The largest absolute Gasteiger partial charge is 0.473 e. The number of anilines is 1. The highest BCUT2D eigenvalue weighted by molar-refractivity contribution is 5.51. The van der Waals surface area contributed by atoms with Crippen molar-refractivity contribution in [3.63, 3.8) is 0 Å². The fraction of sp³-hybridized carbons (Fsp3) is 0.143. The Bertz CT molecular complexity index is 674. The van der Waals surface area contributed by atoms with Crippen molar-refractivity contribution in [2.45, 2.75) is 6.54 Å². The van der Waals surface area contributed by atoms with Crippen LogP contribution in [0.3, 0.4) is 0 Å². The second-order valence-electron chi connectivity index (χ2n) is 4.44. The molecule has 0 saturated heterocycles. The number of fused-ring (bicyclic) bond motifs is 1. The van der Waals surface area contributed by atoms with Gasteiger partial charge in [-0.15, -0.1) is 0 Å². The normalized spacial score (nSPS) is 13.9. The number of ether oxygens (including phenoxy) is 1. The summed E-state index contributed by atoms with van der Waals surface area (Å²) in [6, 6.07) is 5.13. The van der Waals surface area contributed by atoms with Crippen LogP contribution in [-0.2, 0) is 6.54 Å². The molecule has 2 nitrogen and oxygen atoms in total. The highest BCUT2D eigenvalue weighted by Crippen LogP contribution is 2.31. The van der Waals surface area contributed by atoms with Gasteiger partial charge in [-0.2, -0.15) is 0 Å². The van der Waals surface area contributed by atoms with Gasteiger partial charge in [0.1, 0.15) is 17.4 Å². The summed E-state index contributed by atoms with van der Waals surface area (Å²) in [4.78, 5) is 1.47. The molecular weight excluding hydrogens is 274 g/mol. The molecule has 0 unspecified atom stereocenters. The Labute approximate surface area is 112 Å². The van der Waals surface area contributed by atoms with Gasteiger partial charge < -0.3 is 9.64 Å². The zero-order valence-corrected chi connectivity index (χ0v) is 10.2. The van der Waals surface area contributed by atoms with Gasteiger partial charge in [0.05, 0.1) is 12.2 Å². The minimum absolute atomic E-state index is 0.0272. The molecule has 0 aliphatic carbocycles. The monoisotopic (exact) mass is 283 g/mol. The molecule has 0 fully saturated rings. The maximum atomic E-state index is 13.7. The van der Waals surface area contributed by atoms with Crippen molar-refractivity contribution in [3.8, 4) is 5.75 Å². The minimum Gasteiger partial charge on any atom is -0.473 e. The van der Waals surface area contributed by atoms with Crippen LogP contribution in [-0.4, -0.2) is 6.73 Å². The quantitative estimate of drug-likeness (QED) is 0.741. The molecule has 0 aromatic heterocycles. The van der Waals surface area contributed by atoms with Crippen molar-refractivity contribution in [1.82, 2.24) is 0 Å². The van der Waals surface area contributed by atoms with Gasteiger partial charge >= 0.3 is 0 Å². The number of halogens is 4. The molecule has 1 heterocycles. The van der Waals surface area contributed by atoms with Crippen LogP contribution in [0.5, 0.6) is 5.75 Å². The highest BCUT2D eigenvalue weighted by atomic mass is 19.2. The molecule has 104 valence electrons. The first-order valence-corrected chi connectivity index (χ1v) is 5.85. The Hall–Kier alpha value is -2.24. The lowest BCUT2D eigenvalue weighted by molar-refractivity contribution is 0.284. The molecule has 1 aliphatic rings. The van der Waals surface area contributed by atoms with Crippen molar-refractivity contribution in [2.75, 3.05) is 11.6 Å². The summed E-state index contributed by atoms with van der Waals surface area (Å²) >= 11 is 0. The molecule has 0 saturated carbocycles. The number of hydrogen-bond donors (Lipinski definition) is 0. The van der Waals surface area contributed by atoms with E-state index in [9.17, 15) is 17.6 Å². The van der Waals surface area contributed by atoms with E-state index in [0.29, 0.717) is 5.56 Å². The summed E-state index contributed by atoms with van der Waals surface area (Å²) in [5, 5.41) is 0. The van der Waals surface area contributed by atoms with E-state index in [4.69, 9.17) is 4.74 Å². The molecule has 3 rings (SSSR count). The lowest BCUT2D eigenvalue weighted by atomic mass is 10.1. The van der Waals surface area contributed by atoms with Gasteiger partial charge in [-0.1, -0.05) is 0 Å². The molecule has 0 spiro atoms. The molecule has 0 N–H and O–H groups in total. The molecule has 0 amide bonds. The summed E-state index contributed by atoms with van der Waals surface area (Å²) in [5.41, 5.74) is 0.542. The lowest BCUT2D eigenvalue weighted by Gasteiger charge is -2.31. The fourth-order valence-electron chi connectivity index (χ4n) is 2.12. The van der Waals surface area contributed by atoms with Crippen molar-refractivity contribution >= 4 is 5.69 Å². The smallest absolute Gasteiger partial charge is 0.162 e. The topological polar surface area (TPSA) is 12.5 Å². The fourth-order valence-corrected chi connectivity index (χ4v) is 2.12. The van der Waals surface area contributed by atoms with Gasteiger partial charge in [0.15, 0.2) is 18.4 Å². The number of rotatable bonds is 1. The molecular formula is C14H9F4NO. The van der Waals surface area contributed by atoms with E-state index in [1.54, 1.807) is 0 Å². The van der Waals surface area contributed by atoms with Crippen LogP contribution in [0.15, 0.2) is 30.3 Å². The van der Waals surface area contributed by atoms with Crippen molar-refractivity contribution in [3.05, 3.63) is 59.2 Å². The predicted octanol–water partition coefficient (Wildman–Crippen LogP) is 3.60. The van der Waals surface area contributed by atoms with Gasteiger partial charge in [0.2, 0.25) is 0 Å². The molecule has 20 heavy (non-hydrogen) atoms. The third-order valence-electron chi connectivity index (χ3n) is 3.09. The van der Waals surface area contributed by atoms with Gasteiger partial charge in [0.25, 0.3) is 0 Å². The Kier molecular flexibility index (Phi) is 3.00. The van der Waals surface area contributed by atoms with Gasteiger partial charge in [0, 0.05) is 17.7 Å². The average Bonchev–Trinajstić information content (AvgIpc) is 2.40. The zero-order chi connectivity index (χ0) is 14.3. The van der Waals surface area contributed by atoms with Crippen LogP contribution >= 0.6 is 0 Å². The number of hydrogen-bond acceptors (Lipinski definition) is 2. The minimum atomic E-state index is -0.995. The van der Waals surface area contributed by atoms with E-state index in [1.165, 1.54) is 11.0 Å². The summed E-state index contributed by atoms with van der Waals surface area (Å²) in [6.07, 6.45) is 0. The van der Waals surface area contributed by atoms with Crippen LogP contribution in [0.4, 0.5) is 23.2 Å². The molecule has 2 aromatic rings. The van der Waals surface area contributed by atoms with Crippen LogP contribution in [0.25, 0.3) is 0 Å². The van der Waals surface area contributed by atoms with E-state index >= 15 is 0 Å². The van der Waals surface area contributed by atoms with Gasteiger partial charge in [-0.25, -0.2) is 17.6 Å². The van der Waals surface area contributed by atoms with E-state index in [-0.39, 0.29) is 24.7 Å². The van der Waals surface area contributed by atoms with Crippen LogP contribution < -0.4 is 9.64 Å². The molecule has 0 bridgehead atoms. The maximum Gasteiger partial charge on any atom is 0.162 e. The highest BCUT2D eigenvalue weighted by Gasteiger charge is 2.22. The Morgan fingerprint density at radius 2 is 1.65 bits per heavy atom. The molecule has 6 heteroatoms. The summed E-state index contributed by atoms with van der Waals surface area (Å²) in [7, 11) is 0. The third kappa shape index (κ3) is 2.17. The molecule has 2 aromatic carbocycles. The van der Waals surface area contributed by atoms with E-state index in [2.05, 4.69) is 0 Å². The number of benzene rings is 2. The standard InChI is InChI=1S/C14H9F4NO/c15-9-1-2-13(12(18)4-9)19-6-8-3-10(16)11(17)5-14(8)20-7-19/h1-5H,6-7H2. The summed E-state index contributed by atoms with van der Waals surface area (Å²) < 4.78 is 58.1. The average molecular weight is 283 g/mol. The molecule has 0 atom stereocenters. The maximum absolute atomic E-state index is 13.7. The molecule has 0 radical (unpaired) electrons. The first-order chi connectivity index (χ1) is 9.54. The first-order valence-electron chi connectivity index (χ1n) is 5.85. The zero-order valence-electron chi connectivity index (χ0n) is 10.2. The van der Waals surface area contributed by atoms with E-state index in [1.807, 2.05) is 0 Å². The SMILES string of the molecule is Fc1ccc(N2COc3cc(F)c(F)cc3C2)c(F)c1. The van der Waals surface area contributed by atoms with Crippen molar-refractivity contribution < 1.29 is 22.3 Å². The number of nitrogens with zero attached hydrogens (tertiary/aromatic N) is 1. The summed E-state index contributed by atoms with van der Waals surface area (Å²) in [5.74, 6) is -3.18. The predicted molar refractivity (Wildman–Crippen MR) is 64.4 cm³/mol. The Morgan fingerprint density at radius 3 is 2.40 bits per heavy atom. The van der Waals surface area contributed by atoms with Crippen LogP contribution in [0.1, 0.15) is 5.56 Å². The van der Waals surface area contributed by atoms with Crippen molar-refractivity contribution in [1.29, 1.82) is 0 Å². The van der Waals surface area contributed by atoms with Crippen LogP contribution in [0, 0.1) is 23.3 Å². The third-order valence-corrected chi connectivity index (χ3v) is 3.09. The van der Waals surface area contributed by atoms with E-state index < -0.39 is 23.3 Å². The van der Waals surface area contributed by atoms with Crippen molar-refractivity contribution in [2.24, 2.45) is 0 Å². The second-order valence-corrected chi connectivity index (χ2v) is 4.44. The Morgan fingerprint density at radius 1 is 0.900 bits per heavy atom. The van der Waals surface area contributed by atoms with E-state index in [0.717, 1.165) is 24.3 Å². The first kappa shape index (κ1) is 12.8.